The number of nitrogens with one attached hydrogen (secondary N) is 3. The molecule has 9 heteroatoms. The summed E-state index contributed by atoms with van der Waals surface area (Å²) in [5.74, 6) is -0.153. The summed E-state index contributed by atoms with van der Waals surface area (Å²) in [4.78, 5) is 44.1. The maximum absolute atomic E-state index is 14.5. The van der Waals surface area contributed by atoms with Crippen molar-refractivity contribution in [2.75, 3.05) is 0 Å². The Labute approximate surface area is 163 Å². The Balaban J connectivity index is 1.51. The lowest BCUT2D eigenvalue weighted by Crippen LogP contribution is -2.29. The fourth-order valence-electron chi connectivity index (χ4n) is 3.03. The molecule has 4 rings (SSSR count). The summed E-state index contributed by atoms with van der Waals surface area (Å²) >= 11 is 0. The molecule has 0 atom stereocenters. The zero-order valence-corrected chi connectivity index (χ0v) is 15.3. The molecule has 0 aliphatic rings. The number of aromatic nitrogens is 4. The van der Waals surface area contributed by atoms with Crippen LogP contribution < -0.4 is 16.4 Å². The van der Waals surface area contributed by atoms with Crippen LogP contribution in [-0.2, 0) is 6.54 Å². The molecule has 0 radical (unpaired) electrons. The molecule has 2 heterocycles. The van der Waals surface area contributed by atoms with Crippen molar-refractivity contribution in [1.29, 1.82) is 0 Å². The number of halogens is 1. The van der Waals surface area contributed by atoms with Gasteiger partial charge in [0, 0.05) is 24.5 Å². The van der Waals surface area contributed by atoms with Crippen molar-refractivity contribution in [2.45, 2.75) is 13.5 Å². The van der Waals surface area contributed by atoms with E-state index in [-0.39, 0.29) is 6.54 Å². The van der Waals surface area contributed by atoms with Crippen LogP contribution in [0.15, 0.2) is 58.4 Å². The van der Waals surface area contributed by atoms with E-state index in [0.717, 1.165) is 0 Å². The molecule has 0 unspecified atom stereocenters. The van der Waals surface area contributed by atoms with Crippen LogP contribution in [0.4, 0.5) is 4.39 Å². The maximum atomic E-state index is 14.5. The van der Waals surface area contributed by atoms with E-state index in [1.54, 1.807) is 36.0 Å². The monoisotopic (exact) mass is 393 g/mol. The van der Waals surface area contributed by atoms with Crippen LogP contribution in [-0.4, -0.2) is 25.4 Å². The van der Waals surface area contributed by atoms with Crippen LogP contribution in [0.5, 0.6) is 0 Å². The number of hydrogen-bond acceptors (Lipinski definition) is 4. The van der Waals surface area contributed by atoms with Gasteiger partial charge in [-0.15, -0.1) is 0 Å². The van der Waals surface area contributed by atoms with Gasteiger partial charge in [0.05, 0.1) is 16.7 Å². The van der Waals surface area contributed by atoms with Crippen LogP contribution in [0.1, 0.15) is 21.7 Å². The van der Waals surface area contributed by atoms with Crippen LogP contribution in [0, 0.1) is 12.7 Å². The number of amides is 1. The molecule has 0 aliphatic carbocycles. The van der Waals surface area contributed by atoms with E-state index >= 15 is 0 Å². The average Bonchev–Trinajstić information content (AvgIpc) is 3.12. The van der Waals surface area contributed by atoms with E-state index in [9.17, 15) is 18.8 Å². The van der Waals surface area contributed by atoms with E-state index in [1.807, 2.05) is 0 Å². The number of imidazole rings is 1. The summed E-state index contributed by atoms with van der Waals surface area (Å²) in [7, 11) is 0. The highest BCUT2D eigenvalue weighted by molar-refractivity contribution is 5.97. The highest BCUT2D eigenvalue weighted by atomic mass is 19.1. The molecule has 0 saturated carbocycles. The van der Waals surface area contributed by atoms with Crippen molar-refractivity contribution in [3.8, 4) is 5.69 Å². The Morgan fingerprint density at radius 2 is 1.86 bits per heavy atom. The first-order valence-corrected chi connectivity index (χ1v) is 8.76. The first-order chi connectivity index (χ1) is 13.9. The third kappa shape index (κ3) is 3.57. The fourth-order valence-corrected chi connectivity index (χ4v) is 3.03. The van der Waals surface area contributed by atoms with Gasteiger partial charge in [-0.1, -0.05) is 6.07 Å². The number of nitrogens with zero attached hydrogens (tertiary/aromatic N) is 2. The Hall–Kier alpha value is -4.01. The van der Waals surface area contributed by atoms with Gasteiger partial charge >= 0.3 is 11.1 Å². The number of H-pyrrole nitrogens is 2. The second kappa shape index (κ2) is 7.19. The zero-order chi connectivity index (χ0) is 20.5. The number of hydrogen-bond donors (Lipinski definition) is 3. The number of aromatic amines is 2. The molecule has 2 aromatic carbocycles. The molecule has 0 aliphatic heterocycles. The molecule has 0 bridgehead atoms. The first kappa shape index (κ1) is 18.4. The number of rotatable bonds is 4. The standard InChI is InChI=1S/C20H16FN5O3/c1-11-22-6-7-26(11)17-5-2-12(8-14(17)21)10-23-18(27)13-3-4-15-16(9-13)25-20(29)19(28)24-15/h2-9H,10H2,1H3,(H,23,27)(H,24,28)(H,25,29). The fraction of sp³-hybridized carbons (Fsp3) is 0.100. The van der Waals surface area contributed by atoms with Crippen molar-refractivity contribution < 1.29 is 9.18 Å². The average molecular weight is 393 g/mol. The normalized spacial score (nSPS) is 11.0. The molecule has 0 fully saturated rings. The smallest absolute Gasteiger partial charge is 0.314 e. The van der Waals surface area contributed by atoms with Crippen LogP contribution in [0.2, 0.25) is 0 Å². The van der Waals surface area contributed by atoms with Gasteiger partial charge in [-0.3, -0.25) is 14.4 Å². The number of aryl methyl sites for hydroxylation is 1. The van der Waals surface area contributed by atoms with Crippen molar-refractivity contribution in [2.24, 2.45) is 0 Å². The van der Waals surface area contributed by atoms with Gasteiger partial charge in [-0.25, -0.2) is 9.37 Å². The Morgan fingerprint density at radius 3 is 2.55 bits per heavy atom. The molecule has 3 N–H and O–H groups in total. The topological polar surface area (TPSA) is 113 Å². The quantitative estimate of drug-likeness (QED) is 0.459. The van der Waals surface area contributed by atoms with Gasteiger partial charge in [0.2, 0.25) is 0 Å². The second-order valence-corrected chi connectivity index (χ2v) is 6.48. The molecule has 29 heavy (non-hydrogen) atoms. The molecular weight excluding hydrogens is 377 g/mol. The Kier molecular flexibility index (Phi) is 4.55. The lowest BCUT2D eigenvalue weighted by Gasteiger charge is -2.10. The summed E-state index contributed by atoms with van der Waals surface area (Å²) in [5, 5.41) is 2.71. The highest BCUT2D eigenvalue weighted by Crippen LogP contribution is 2.17. The molecule has 8 nitrogen and oxygen atoms in total. The minimum atomic E-state index is -0.793. The third-order valence-electron chi connectivity index (χ3n) is 4.53. The van der Waals surface area contributed by atoms with Crippen LogP contribution in [0.3, 0.4) is 0 Å². The number of fused-ring (bicyclic) bond motifs is 1. The lowest BCUT2D eigenvalue weighted by molar-refractivity contribution is 0.0951. The number of benzene rings is 2. The molecule has 146 valence electrons. The van der Waals surface area contributed by atoms with Crippen molar-refractivity contribution in [3.63, 3.8) is 0 Å². The summed E-state index contributed by atoms with van der Waals surface area (Å²) in [6, 6.07) is 9.23. The van der Waals surface area contributed by atoms with E-state index in [1.165, 1.54) is 24.3 Å². The van der Waals surface area contributed by atoms with Gasteiger partial charge in [-0.2, -0.15) is 0 Å². The van der Waals surface area contributed by atoms with Crippen LogP contribution in [0.25, 0.3) is 16.7 Å². The van der Waals surface area contributed by atoms with Crippen LogP contribution >= 0.6 is 0 Å². The minimum absolute atomic E-state index is 0.124. The highest BCUT2D eigenvalue weighted by Gasteiger charge is 2.11. The third-order valence-corrected chi connectivity index (χ3v) is 4.53. The van der Waals surface area contributed by atoms with Crippen molar-refractivity contribution >= 4 is 16.9 Å². The first-order valence-electron chi connectivity index (χ1n) is 8.76. The lowest BCUT2D eigenvalue weighted by atomic mass is 10.1. The molecule has 0 saturated heterocycles. The van der Waals surface area contributed by atoms with E-state index < -0.39 is 22.8 Å². The minimum Gasteiger partial charge on any atom is -0.348 e. The molecule has 0 spiro atoms. The predicted octanol–water partition coefficient (Wildman–Crippen LogP) is 1.78. The maximum Gasteiger partial charge on any atom is 0.314 e. The molecule has 1 amide bonds. The Bertz CT molecular complexity index is 1350. The number of carbonyl (C=O) groups is 1. The van der Waals surface area contributed by atoms with Crippen molar-refractivity contribution in [3.05, 3.63) is 92.3 Å². The van der Waals surface area contributed by atoms with Gasteiger partial charge in [0.1, 0.15) is 11.6 Å². The SMILES string of the molecule is Cc1nccn1-c1ccc(CNC(=O)c2ccc3[nH]c(=O)c(=O)[nH]c3c2)cc1F. The summed E-state index contributed by atoms with van der Waals surface area (Å²) in [6.07, 6.45) is 3.27. The predicted molar refractivity (Wildman–Crippen MR) is 105 cm³/mol. The zero-order valence-electron chi connectivity index (χ0n) is 15.3. The molecule has 2 aromatic heterocycles. The Morgan fingerprint density at radius 1 is 1.10 bits per heavy atom. The van der Waals surface area contributed by atoms with Gasteiger partial charge in [0.25, 0.3) is 5.91 Å². The van der Waals surface area contributed by atoms with Gasteiger partial charge < -0.3 is 19.9 Å². The van der Waals surface area contributed by atoms with E-state index in [0.29, 0.717) is 33.7 Å². The molecule has 4 aromatic rings. The molecular formula is C20H16FN5O3. The van der Waals surface area contributed by atoms with E-state index in [4.69, 9.17) is 0 Å². The van der Waals surface area contributed by atoms with E-state index in [2.05, 4.69) is 20.3 Å². The van der Waals surface area contributed by atoms with Gasteiger partial charge in [0.15, 0.2) is 0 Å². The second-order valence-electron chi connectivity index (χ2n) is 6.48. The summed E-state index contributed by atoms with van der Waals surface area (Å²) in [6.45, 7) is 1.90. The largest absolute Gasteiger partial charge is 0.348 e. The summed E-state index contributed by atoms with van der Waals surface area (Å²) in [5.41, 5.74) is 0.474. The van der Waals surface area contributed by atoms with Crippen molar-refractivity contribution in [1.82, 2.24) is 24.8 Å². The number of carbonyl (C=O) groups excluding carboxylic acids is 1. The summed E-state index contributed by atoms with van der Waals surface area (Å²) < 4.78 is 16.1. The van der Waals surface area contributed by atoms with Gasteiger partial charge in [-0.05, 0) is 42.8 Å².